The van der Waals surface area contributed by atoms with Gasteiger partial charge in [-0.15, -0.1) is 0 Å². The molecule has 17 heteroatoms. The van der Waals surface area contributed by atoms with Crippen LogP contribution in [0, 0.1) is 0 Å². The van der Waals surface area contributed by atoms with Gasteiger partial charge in [0.25, 0.3) is 11.8 Å². The summed E-state index contributed by atoms with van der Waals surface area (Å²) in [5, 5.41) is 61.4. The molecule has 17 nitrogen and oxygen atoms in total. The minimum Gasteiger partial charge on any atom is -0.504 e. The Bertz CT molecular complexity index is 1770. The van der Waals surface area contributed by atoms with Crippen LogP contribution in [0.3, 0.4) is 0 Å². The van der Waals surface area contributed by atoms with E-state index >= 15 is 0 Å². The number of carboxylic acid groups (broad SMARTS) is 1. The summed E-state index contributed by atoms with van der Waals surface area (Å²) in [5.41, 5.74) is 6.47. The summed E-state index contributed by atoms with van der Waals surface area (Å²) in [6.07, 6.45) is 1.74. The second-order valence-corrected chi connectivity index (χ2v) is 12.4. The Balaban J connectivity index is 1.49. The predicted octanol–water partition coefficient (Wildman–Crippen LogP) is 0.750. The number of hydrogen-bond acceptors (Lipinski definition) is 11. The number of carbonyl (C=O) groups excluding carboxylic acids is 5. The number of rotatable bonds is 21. The van der Waals surface area contributed by atoms with E-state index in [1.165, 1.54) is 36.4 Å². The second kappa shape index (κ2) is 21.2. The lowest BCUT2D eigenvalue weighted by Crippen LogP contribution is -2.54. The zero-order valence-electron chi connectivity index (χ0n) is 29.4. The van der Waals surface area contributed by atoms with Gasteiger partial charge in [0.15, 0.2) is 23.0 Å². The molecule has 54 heavy (non-hydrogen) atoms. The summed E-state index contributed by atoms with van der Waals surface area (Å²) in [4.78, 5) is 75.2. The number of carboxylic acids is 1. The van der Waals surface area contributed by atoms with E-state index in [1.54, 1.807) is 30.3 Å². The number of unbranched alkanes of at least 4 members (excludes halogenated alkanes) is 2. The van der Waals surface area contributed by atoms with E-state index in [9.17, 15) is 54.3 Å². The van der Waals surface area contributed by atoms with E-state index in [1.807, 2.05) is 0 Å². The molecule has 0 heterocycles. The summed E-state index contributed by atoms with van der Waals surface area (Å²) in [6.45, 7) is -0.0580. The molecule has 0 radical (unpaired) electrons. The lowest BCUT2D eigenvalue weighted by Gasteiger charge is -2.23. The van der Waals surface area contributed by atoms with Gasteiger partial charge in [0.2, 0.25) is 17.7 Å². The van der Waals surface area contributed by atoms with Crippen molar-refractivity contribution >= 4 is 35.5 Å². The normalized spacial score (nSPS) is 12.4. The highest BCUT2D eigenvalue weighted by molar-refractivity contribution is 5.99. The van der Waals surface area contributed by atoms with E-state index in [0.29, 0.717) is 31.2 Å². The molecule has 3 atom stereocenters. The standard InChI is InChI=1S/C37H46N6O11/c38-25(14-4-6-18-39-30(46)21-41-34(50)24-13-9-17-29(45)32(24)48)35(51)42-26(36(52)43-27(37(53)54)20-22-10-2-1-3-11-22)15-5-7-19-40-33(49)23-12-8-16-28(44)31(23)47/h1-3,8-13,16-17,25-27,44-45,47-48H,4-7,14-15,18-21,38H2,(H,39,46)(H,40,49)(H,41,50)(H,42,51)(H,43,52)(H,53,54). The molecular weight excluding hydrogens is 704 g/mol. The fourth-order valence-electron chi connectivity index (χ4n) is 5.24. The number of carbonyl (C=O) groups is 6. The summed E-state index contributed by atoms with van der Waals surface area (Å²) >= 11 is 0. The zero-order chi connectivity index (χ0) is 39.6. The van der Waals surface area contributed by atoms with Gasteiger partial charge in [-0.05, 0) is 68.4 Å². The van der Waals surface area contributed by atoms with Gasteiger partial charge in [-0.1, -0.05) is 42.5 Å². The number of aliphatic carboxylic acids is 1. The number of aromatic hydroxyl groups is 4. The van der Waals surface area contributed by atoms with Crippen molar-refractivity contribution in [3.8, 4) is 23.0 Å². The number of nitrogens with one attached hydrogen (secondary N) is 5. The maximum Gasteiger partial charge on any atom is 0.326 e. The maximum atomic E-state index is 13.4. The van der Waals surface area contributed by atoms with E-state index in [2.05, 4.69) is 26.6 Å². The Hall–Kier alpha value is -6.36. The Morgan fingerprint density at radius 1 is 0.593 bits per heavy atom. The van der Waals surface area contributed by atoms with Gasteiger partial charge in [-0.2, -0.15) is 0 Å². The number of phenols is 4. The Labute approximate surface area is 311 Å². The lowest BCUT2D eigenvalue weighted by atomic mass is 10.0. The fourth-order valence-corrected chi connectivity index (χ4v) is 5.24. The first kappa shape index (κ1) is 42.1. The van der Waals surface area contributed by atoms with Gasteiger partial charge in [-0.3, -0.25) is 24.0 Å². The van der Waals surface area contributed by atoms with Crippen molar-refractivity contribution in [1.29, 1.82) is 0 Å². The molecule has 5 amide bonds. The average molecular weight is 751 g/mol. The van der Waals surface area contributed by atoms with E-state index in [4.69, 9.17) is 5.73 Å². The summed E-state index contributed by atoms with van der Waals surface area (Å²) in [5.74, 6) is -6.63. The minimum atomic E-state index is -1.29. The molecule has 0 spiro atoms. The first-order chi connectivity index (χ1) is 25.8. The van der Waals surface area contributed by atoms with Crippen molar-refractivity contribution in [2.75, 3.05) is 19.6 Å². The lowest BCUT2D eigenvalue weighted by molar-refractivity contribution is -0.142. The third-order valence-electron chi connectivity index (χ3n) is 8.26. The number of para-hydroxylation sites is 2. The molecule has 0 saturated carbocycles. The molecule has 3 rings (SSSR count). The fraction of sp³-hybridized carbons (Fsp3) is 0.351. The largest absolute Gasteiger partial charge is 0.504 e. The van der Waals surface area contributed by atoms with Crippen molar-refractivity contribution in [2.24, 2.45) is 5.73 Å². The van der Waals surface area contributed by atoms with Crippen LogP contribution < -0.4 is 32.3 Å². The molecule has 290 valence electrons. The topological polar surface area (TPSA) is 290 Å². The molecule has 3 aromatic carbocycles. The van der Waals surface area contributed by atoms with Crippen LogP contribution in [-0.2, 0) is 25.6 Å². The van der Waals surface area contributed by atoms with Crippen LogP contribution in [0.2, 0.25) is 0 Å². The molecule has 3 aromatic rings. The van der Waals surface area contributed by atoms with Crippen LogP contribution in [0.1, 0.15) is 64.8 Å². The highest BCUT2D eigenvalue weighted by atomic mass is 16.4. The van der Waals surface area contributed by atoms with Crippen molar-refractivity contribution in [3.05, 3.63) is 83.4 Å². The monoisotopic (exact) mass is 750 g/mol. The first-order valence-corrected chi connectivity index (χ1v) is 17.3. The van der Waals surface area contributed by atoms with Crippen molar-refractivity contribution in [2.45, 2.75) is 63.1 Å². The third-order valence-corrected chi connectivity index (χ3v) is 8.26. The molecular formula is C37H46N6O11. The molecule has 0 aliphatic heterocycles. The average Bonchev–Trinajstić information content (AvgIpc) is 3.15. The van der Waals surface area contributed by atoms with Gasteiger partial charge < -0.3 is 57.9 Å². The van der Waals surface area contributed by atoms with E-state index in [-0.39, 0.29) is 50.0 Å². The molecule has 0 fully saturated rings. The number of nitrogens with two attached hydrogens (primary N) is 1. The van der Waals surface area contributed by atoms with Gasteiger partial charge in [0.05, 0.1) is 23.7 Å². The molecule has 12 N–H and O–H groups in total. The van der Waals surface area contributed by atoms with E-state index in [0.717, 1.165) is 0 Å². The van der Waals surface area contributed by atoms with Crippen molar-refractivity contribution < 1.29 is 54.3 Å². The smallest absolute Gasteiger partial charge is 0.326 e. The second-order valence-electron chi connectivity index (χ2n) is 12.4. The molecule has 0 aliphatic carbocycles. The summed E-state index contributed by atoms with van der Waals surface area (Å²) in [7, 11) is 0. The highest BCUT2D eigenvalue weighted by Crippen LogP contribution is 2.28. The summed E-state index contributed by atoms with van der Waals surface area (Å²) in [6, 6.07) is 13.0. The Kier molecular flexibility index (Phi) is 16.5. The van der Waals surface area contributed by atoms with Crippen LogP contribution in [0.4, 0.5) is 0 Å². The highest BCUT2D eigenvalue weighted by Gasteiger charge is 2.28. The van der Waals surface area contributed by atoms with Crippen LogP contribution >= 0.6 is 0 Å². The number of amides is 5. The van der Waals surface area contributed by atoms with Crippen LogP contribution in [0.25, 0.3) is 0 Å². The molecule has 0 bridgehead atoms. The quantitative estimate of drug-likeness (QED) is 0.0531. The molecule has 0 saturated heterocycles. The van der Waals surface area contributed by atoms with Gasteiger partial charge in [0.1, 0.15) is 12.1 Å². The third kappa shape index (κ3) is 13.3. The minimum absolute atomic E-state index is 0.0000899. The first-order valence-electron chi connectivity index (χ1n) is 17.3. The molecule has 0 aromatic heterocycles. The van der Waals surface area contributed by atoms with E-state index < -0.39 is 76.6 Å². The predicted molar refractivity (Wildman–Crippen MR) is 195 cm³/mol. The number of hydrogen-bond donors (Lipinski definition) is 11. The maximum absolute atomic E-state index is 13.4. The SMILES string of the molecule is NC(CCCCNC(=O)CNC(=O)c1cccc(O)c1O)C(=O)NC(CCCCNC(=O)c1cccc(O)c1O)C(=O)NC(Cc1ccccc1)C(=O)O. The van der Waals surface area contributed by atoms with Crippen LogP contribution in [0.5, 0.6) is 23.0 Å². The Morgan fingerprint density at radius 3 is 1.72 bits per heavy atom. The van der Waals surface area contributed by atoms with Crippen LogP contribution in [-0.4, -0.2) is 98.8 Å². The molecule has 3 unspecified atom stereocenters. The van der Waals surface area contributed by atoms with Gasteiger partial charge in [0, 0.05) is 19.5 Å². The Morgan fingerprint density at radius 2 is 1.13 bits per heavy atom. The van der Waals surface area contributed by atoms with Crippen molar-refractivity contribution in [3.63, 3.8) is 0 Å². The van der Waals surface area contributed by atoms with Crippen LogP contribution in [0.15, 0.2) is 66.7 Å². The number of benzene rings is 3. The molecule has 0 aliphatic rings. The van der Waals surface area contributed by atoms with Gasteiger partial charge >= 0.3 is 5.97 Å². The summed E-state index contributed by atoms with van der Waals surface area (Å²) < 4.78 is 0. The number of phenolic OH excluding ortho intramolecular Hbond substituents is 4. The van der Waals surface area contributed by atoms with Gasteiger partial charge in [-0.25, -0.2) is 4.79 Å². The zero-order valence-corrected chi connectivity index (χ0v) is 29.4. The van der Waals surface area contributed by atoms with Crippen molar-refractivity contribution in [1.82, 2.24) is 26.6 Å².